The molecule has 0 saturated carbocycles. The van der Waals surface area contributed by atoms with Gasteiger partial charge in [0.15, 0.2) is 11.5 Å². The van der Waals surface area contributed by atoms with E-state index in [0.717, 1.165) is 18.0 Å². The van der Waals surface area contributed by atoms with E-state index in [1.807, 2.05) is 6.07 Å². The third kappa shape index (κ3) is 2.43. The number of benzene rings is 1. The molecule has 1 aromatic carbocycles. The molecule has 3 aliphatic rings. The maximum absolute atomic E-state index is 5.62. The Morgan fingerprint density at radius 1 is 1.00 bits per heavy atom. The van der Waals surface area contributed by atoms with Gasteiger partial charge in [-0.25, -0.2) is 0 Å². The summed E-state index contributed by atoms with van der Waals surface area (Å²) in [5.74, 6) is 1.68. The second-order valence-corrected chi connectivity index (χ2v) is 5.89. The highest BCUT2D eigenvalue weighted by molar-refractivity contribution is 7.14. The first kappa shape index (κ1) is 12.5. The summed E-state index contributed by atoms with van der Waals surface area (Å²) in [5, 5.41) is 6.84. The van der Waals surface area contributed by atoms with Gasteiger partial charge in [0.05, 0.1) is 5.00 Å². The minimum absolute atomic E-state index is 0.624. The fourth-order valence-electron chi connectivity index (χ4n) is 2.54. The van der Waals surface area contributed by atoms with Crippen molar-refractivity contribution in [3.63, 3.8) is 0 Å². The predicted molar refractivity (Wildman–Crippen MR) is 85.7 cm³/mol. The molecule has 4 heteroatoms. The zero-order valence-corrected chi connectivity index (χ0v) is 12.3. The summed E-state index contributed by atoms with van der Waals surface area (Å²) in [4.78, 5) is 0. The lowest BCUT2D eigenvalue weighted by molar-refractivity contribution is 0.171. The van der Waals surface area contributed by atoms with Crippen molar-refractivity contribution < 1.29 is 9.47 Å². The molecule has 1 N–H and O–H groups in total. The van der Waals surface area contributed by atoms with Gasteiger partial charge in [-0.05, 0) is 34.7 Å². The smallest absolute Gasteiger partial charge is 0.161 e. The molecule has 0 aromatic heterocycles. The van der Waals surface area contributed by atoms with E-state index in [4.69, 9.17) is 9.47 Å². The lowest BCUT2D eigenvalue weighted by Gasteiger charge is -2.19. The summed E-state index contributed by atoms with van der Waals surface area (Å²) in [6.07, 6.45) is 0. The van der Waals surface area contributed by atoms with Crippen molar-refractivity contribution in [1.82, 2.24) is 0 Å². The highest BCUT2D eigenvalue weighted by Gasteiger charge is 2.12. The molecular weight excluding hydrogens is 282 g/mol. The quantitative estimate of drug-likeness (QED) is 0.784. The molecule has 0 amide bonds. The molecule has 0 bridgehead atoms. The van der Waals surface area contributed by atoms with Crippen LogP contribution in [0.5, 0.6) is 11.5 Å². The predicted octanol–water partition coefficient (Wildman–Crippen LogP) is 4.24. The summed E-state index contributed by atoms with van der Waals surface area (Å²) < 4.78 is 11.2. The van der Waals surface area contributed by atoms with Crippen LogP contribution in [0.4, 0.5) is 5.00 Å². The van der Waals surface area contributed by atoms with Crippen molar-refractivity contribution in [3.05, 3.63) is 53.4 Å². The van der Waals surface area contributed by atoms with Gasteiger partial charge in [0.2, 0.25) is 0 Å². The lowest BCUT2D eigenvalue weighted by atomic mass is 10.1. The zero-order valence-electron chi connectivity index (χ0n) is 11.5. The molecule has 21 heavy (non-hydrogen) atoms. The Kier molecular flexibility index (Phi) is 3.16. The molecule has 106 valence electrons. The third-order valence-electron chi connectivity index (χ3n) is 3.59. The van der Waals surface area contributed by atoms with E-state index >= 15 is 0 Å². The maximum atomic E-state index is 5.62. The van der Waals surface area contributed by atoms with Crippen molar-refractivity contribution in [2.24, 2.45) is 0 Å². The summed E-state index contributed by atoms with van der Waals surface area (Å²) in [5.41, 5.74) is 3.74. The number of rotatable bonds is 3. The first-order valence-electron chi connectivity index (χ1n) is 6.99. The maximum Gasteiger partial charge on any atom is 0.161 e. The third-order valence-corrected chi connectivity index (χ3v) is 4.46. The zero-order chi connectivity index (χ0) is 14.1. The second-order valence-electron chi connectivity index (χ2n) is 4.98. The van der Waals surface area contributed by atoms with Gasteiger partial charge in [-0.3, -0.25) is 0 Å². The van der Waals surface area contributed by atoms with E-state index < -0.39 is 0 Å². The second kappa shape index (κ2) is 5.30. The molecule has 0 atom stereocenters. The molecule has 4 rings (SSSR count). The number of anilines is 1. The van der Waals surface area contributed by atoms with E-state index in [2.05, 4.69) is 47.1 Å². The Labute approximate surface area is 127 Å². The van der Waals surface area contributed by atoms with E-state index in [1.165, 1.54) is 21.7 Å². The number of ether oxygens (including phenoxy) is 2. The van der Waals surface area contributed by atoms with Crippen LogP contribution in [0, 0.1) is 0 Å². The van der Waals surface area contributed by atoms with Gasteiger partial charge in [-0.1, -0.05) is 24.3 Å². The minimum Gasteiger partial charge on any atom is -0.486 e. The fraction of sp³-hybridized carbons (Fsp3) is 0.176. The first-order chi connectivity index (χ1) is 10.4. The molecule has 0 saturated heterocycles. The topological polar surface area (TPSA) is 30.5 Å². The number of nitrogens with one attached hydrogen (secondary N) is 1. The van der Waals surface area contributed by atoms with Crippen molar-refractivity contribution in [1.29, 1.82) is 0 Å². The summed E-state index contributed by atoms with van der Waals surface area (Å²) in [7, 11) is 0. The van der Waals surface area contributed by atoms with Crippen LogP contribution in [0.15, 0.2) is 47.8 Å². The Morgan fingerprint density at radius 3 is 2.86 bits per heavy atom. The summed E-state index contributed by atoms with van der Waals surface area (Å²) in [6, 6.07) is 14.6. The molecule has 2 aliphatic heterocycles. The van der Waals surface area contributed by atoms with Gasteiger partial charge in [-0.2, -0.15) is 0 Å². The standard InChI is InChI=1S/C17H15NO2S/c1-2-13-6-9-21-17(14(13)3-1)18-11-12-4-5-15-16(10-12)20-8-7-19-15/h1-6,9-10,18H,7-8,11H2. The van der Waals surface area contributed by atoms with Crippen molar-refractivity contribution >= 4 is 16.3 Å². The molecule has 0 radical (unpaired) electrons. The van der Waals surface area contributed by atoms with Crippen LogP contribution in [-0.4, -0.2) is 13.2 Å². The summed E-state index contributed by atoms with van der Waals surface area (Å²) in [6.45, 7) is 2.03. The van der Waals surface area contributed by atoms with E-state index in [-0.39, 0.29) is 0 Å². The van der Waals surface area contributed by atoms with Crippen LogP contribution < -0.4 is 14.8 Å². The van der Waals surface area contributed by atoms with Gasteiger partial charge in [-0.15, -0.1) is 11.3 Å². The van der Waals surface area contributed by atoms with E-state index in [1.54, 1.807) is 11.3 Å². The molecule has 0 spiro atoms. The monoisotopic (exact) mass is 297 g/mol. The van der Waals surface area contributed by atoms with Crippen LogP contribution in [-0.2, 0) is 6.54 Å². The van der Waals surface area contributed by atoms with Crippen molar-refractivity contribution in [3.8, 4) is 22.6 Å². The molecule has 1 aromatic rings. The highest BCUT2D eigenvalue weighted by Crippen LogP contribution is 2.35. The molecule has 3 nitrogen and oxygen atoms in total. The van der Waals surface area contributed by atoms with Gasteiger partial charge < -0.3 is 14.8 Å². The highest BCUT2D eigenvalue weighted by atomic mass is 32.1. The van der Waals surface area contributed by atoms with Crippen molar-refractivity contribution in [2.75, 3.05) is 18.5 Å². The minimum atomic E-state index is 0.624. The van der Waals surface area contributed by atoms with E-state index in [9.17, 15) is 0 Å². The fourth-order valence-corrected chi connectivity index (χ4v) is 3.36. The molecule has 1 aliphatic carbocycles. The normalized spacial score (nSPS) is 13.3. The van der Waals surface area contributed by atoms with Gasteiger partial charge in [0.1, 0.15) is 13.2 Å². The average molecular weight is 297 g/mol. The number of hydrogen-bond donors (Lipinski definition) is 1. The van der Waals surface area contributed by atoms with Crippen LogP contribution in [0.25, 0.3) is 11.1 Å². The van der Waals surface area contributed by atoms with Crippen LogP contribution in [0.3, 0.4) is 0 Å². The Balaban J connectivity index is 1.53. The van der Waals surface area contributed by atoms with Gasteiger partial charge >= 0.3 is 0 Å². The molecular formula is C17H15NO2S. The Morgan fingerprint density at radius 2 is 1.90 bits per heavy atom. The lowest BCUT2D eigenvalue weighted by Crippen LogP contribution is -2.15. The van der Waals surface area contributed by atoms with Crippen LogP contribution in [0.1, 0.15) is 5.56 Å². The summed E-state index contributed by atoms with van der Waals surface area (Å²) >= 11 is 1.73. The number of hydrogen-bond acceptors (Lipinski definition) is 4. The molecule has 0 fully saturated rings. The molecule has 2 heterocycles. The first-order valence-corrected chi connectivity index (χ1v) is 7.87. The largest absolute Gasteiger partial charge is 0.486 e. The van der Waals surface area contributed by atoms with Crippen molar-refractivity contribution in [2.45, 2.75) is 6.54 Å². The van der Waals surface area contributed by atoms with Crippen LogP contribution >= 0.6 is 11.3 Å². The van der Waals surface area contributed by atoms with E-state index in [0.29, 0.717) is 13.2 Å². The van der Waals surface area contributed by atoms with Gasteiger partial charge in [0, 0.05) is 12.1 Å². The Hall–Kier alpha value is -2.20. The average Bonchev–Trinajstić information content (AvgIpc) is 3.02. The molecule has 0 unspecified atom stereocenters. The Bertz CT molecular complexity index is 737. The van der Waals surface area contributed by atoms with Crippen LogP contribution in [0.2, 0.25) is 0 Å². The van der Waals surface area contributed by atoms with Gasteiger partial charge in [0.25, 0.3) is 0 Å². The SMILES string of the molecule is c1cc2ccsc(NCc3ccc4c(c3)OCCO4)c-2c1. The number of fused-ring (bicyclic) bond motifs is 2.